The van der Waals surface area contributed by atoms with Crippen LogP contribution in [-0.4, -0.2) is 26.3 Å². The zero-order valence-electron chi connectivity index (χ0n) is 10.4. The summed E-state index contributed by atoms with van der Waals surface area (Å²) in [5.41, 5.74) is 6.04. The van der Waals surface area contributed by atoms with Crippen LogP contribution < -0.4 is 5.73 Å². The van der Waals surface area contributed by atoms with Gasteiger partial charge in [0.25, 0.3) is 0 Å². The molecule has 0 fully saturated rings. The van der Waals surface area contributed by atoms with E-state index in [0.717, 1.165) is 4.47 Å². The molecule has 1 aromatic carbocycles. The van der Waals surface area contributed by atoms with Crippen molar-refractivity contribution in [1.82, 2.24) is 4.31 Å². The number of hydrogen-bond donors (Lipinski definition) is 1. The van der Waals surface area contributed by atoms with E-state index in [9.17, 15) is 8.42 Å². The van der Waals surface area contributed by atoms with Gasteiger partial charge in [0, 0.05) is 22.5 Å². The van der Waals surface area contributed by atoms with Crippen LogP contribution in [0.2, 0.25) is 0 Å². The quantitative estimate of drug-likeness (QED) is 0.791. The van der Waals surface area contributed by atoms with Crippen molar-refractivity contribution in [3.05, 3.63) is 21.1 Å². The van der Waals surface area contributed by atoms with Crippen molar-refractivity contribution in [2.24, 2.45) is 5.92 Å². The molecular formula is C11H16Br2N2O2S. The number of hydrogen-bond acceptors (Lipinski definition) is 3. The lowest BCUT2D eigenvalue weighted by Crippen LogP contribution is -2.31. The van der Waals surface area contributed by atoms with Crippen molar-refractivity contribution in [2.45, 2.75) is 18.7 Å². The lowest BCUT2D eigenvalue weighted by molar-refractivity contribution is 0.417. The average molecular weight is 400 g/mol. The molecule has 0 aliphatic carbocycles. The molecule has 2 N–H and O–H groups in total. The number of anilines is 1. The highest BCUT2D eigenvalue weighted by Crippen LogP contribution is 2.33. The molecule has 1 aromatic rings. The molecule has 0 saturated heterocycles. The largest absolute Gasteiger partial charge is 0.398 e. The van der Waals surface area contributed by atoms with Crippen molar-refractivity contribution in [2.75, 3.05) is 19.3 Å². The summed E-state index contributed by atoms with van der Waals surface area (Å²) in [7, 11) is -2.01. The van der Waals surface area contributed by atoms with Crippen LogP contribution in [0.5, 0.6) is 0 Å². The summed E-state index contributed by atoms with van der Waals surface area (Å²) in [4.78, 5) is 0.119. The molecule has 1 rings (SSSR count). The van der Waals surface area contributed by atoms with Crippen molar-refractivity contribution < 1.29 is 8.42 Å². The summed E-state index contributed by atoms with van der Waals surface area (Å²) in [6.07, 6.45) is 0. The molecule has 0 unspecified atom stereocenters. The maximum Gasteiger partial charge on any atom is 0.246 e. The van der Waals surface area contributed by atoms with Crippen molar-refractivity contribution in [1.29, 1.82) is 0 Å². The van der Waals surface area contributed by atoms with E-state index < -0.39 is 10.0 Å². The lowest BCUT2D eigenvalue weighted by Gasteiger charge is -2.21. The van der Waals surface area contributed by atoms with Crippen LogP contribution in [0.25, 0.3) is 0 Å². The molecule has 0 saturated carbocycles. The molecule has 18 heavy (non-hydrogen) atoms. The second-order valence-electron chi connectivity index (χ2n) is 4.49. The molecule has 4 nitrogen and oxygen atoms in total. The van der Waals surface area contributed by atoms with Gasteiger partial charge in [0.15, 0.2) is 0 Å². The number of nitrogen functional groups attached to an aromatic ring is 1. The fraction of sp³-hybridized carbons (Fsp3) is 0.455. The van der Waals surface area contributed by atoms with E-state index in [1.807, 2.05) is 13.8 Å². The highest BCUT2D eigenvalue weighted by atomic mass is 79.9. The zero-order chi connectivity index (χ0) is 14.1. The molecule has 0 spiro atoms. The van der Waals surface area contributed by atoms with E-state index in [1.54, 1.807) is 19.2 Å². The highest BCUT2D eigenvalue weighted by Gasteiger charge is 2.26. The Morgan fingerprint density at radius 3 is 2.33 bits per heavy atom. The lowest BCUT2D eigenvalue weighted by atomic mass is 10.2. The van der Waals surface area contributed by atoms with Gasteiger partial charge in [-0.05, 0) is 34.0 Å². The molecular weight excluding hydrogens is 384 g/mol. The smallest absolute Gasteiger partial charge is 0.246 e. The topological polar surface area (TPSA) is 63.4 Å². The Bertz CT molecular complexity index is 521. The SMILES string of the molecule is CC(C)CN(C)S(=O)(=O)c1c(N)cc(Br)cc1Br. The minimum absolute atomic E-state index is 0.119. The van der Waals surface area contributed by atoms with Crippen LogP contribution in [0.4, 0.5) is 5.69 Å². The predicted octanol–water partition coefficient (Wildman–Crippen LogP) is 3.07. The Kier molecular flexibility index (Phi) is 5.22. The molecule has 0 aliphatic rings. The van der Waals surface area contributed by atoms with Crippen LogP contribution >= 0.6 is 31.9 Å². The van der Waals surface area contributed by atoms with E-state index in [4.69, 9.17) is 5.73 Å². The zero-order valence-corrected chi connectivity index (χ0v) is 14.4. The number of sulfonamides is 1. The molecule has 0 heterocycles. The molecule has 102 valence electrons. The first-order valence-electron chi connectivity index (χ1n) is 5.37. The molecule has 0 radical (unpaired) electrons. The summed E-state index contributed by atoms with van der Waals surface area (Å²) in [6.45, 7) is 4.38. The van der Waals surface area contributed by atoms with Crippen LogP contribution in [0.3, 0.4) is 0 Å². The summed E-state index contributed by atoms with van der Waals surface area (Å²) < 4.78 is 27.4. The van der Waals surface area contributed by atoms with Gasteiger partial charge in [-0.1, -0.05) is 29.8 Å². The Morgan fingerprint density at radius 2 is 1.89 bits per heavy atom. The predicted molar refractivity (Wildman–Crippen MR) is 80.9 cm³/mol. The number of benzene rings is 1. The molecule has 0 amide bonds. The number of halogens is 2. The van der Waals surface area contributed by atoms with Crippen molar-refractivity contribution in [3.8, 4) is 0 Å². The standard InChI is InChI=1S/C11H16Br2N2O2S/c1-7(2)6-15(3)18(16,17)11-9(13)4-8(12)5-10(11)14/h4-5,7H,6,14H2,1-3H3. The van der Waals surface area contributed by atoms with Crippen LogP contribution in [0.15, 0.2) is 26.0 Å². The molecule has 0 aliphatic heterocycles. The first-order chi connectivity index (χ1) is 8.16. The Balaban J connectivity index is 3.29. The summed E-state index contributed by atoms with van der Waals surface area (Å²) in [5, 5.41) is 0. The van der Waals surface area contributed by atoms with E-state index in [0.29, 0.717) is 11.0 Å². The summed E-state index contributed by atoms with van der Waals surface area (Å²) in [6, 6.07) is 3.26. The van der Waals surface area contributed by atoms with E-state index >= 15 is 0 Å². The summed E-state index contributed by atoms with van der Waals surface area (Å²) in [5.74, 6) is 0.250. The van der Waals surface area contributed by atoms with E-state index in [2.05, 4.69) is 31.9 Å². The molecule has 7 heteroatoms. The molecule has 0 aromatic heterocycles. The Morgan fingerprint density at radius 1 is 1.33 bits per heavy atom. The number of rotatable bonds is 4. The molecule has 0 bridgehead atoms. The van der Waals surface area contributed by atoms with Crippen LogP contribution in [-0.2, 0) is 10.0 Å². The second-order valence-corrected chi connectivity index (χ2v) is 8.24. The molecule has 0 atom stereocenters. The average Bonchev–Trinajstić information content (AvgIpc) is 2.13. The fourth-order valence-corrected chi connectivity index (χ4v) is 4.96. The van der Waals surface area contributed by atoms with Crippen LogP contribution in [0.1, 0.15) is 13.8 Å². The third-order valence-electron chi connectivity index (χ3n) is 2.33. The highest BCUT2D eigenvalue weighted by molar-refractivity contribution is 9.11. The third-order valence-corrected chi connectivity index (χ3v) is 5.61. The maximum absolute atomic E-state index is 12.4. The second kappa shape index (κ2) is 5.90. The first kappa shape index (κ1) is 15.9. The third kappa shape index (κ3) is 3.46. The normalized spacial score (nSPS) is 12.4. The van der Waals surface area contributed by atoms with Gasteiger partial charge in [0.1, 0.15) is 4.90 Å². The fourth-order valence-electron chi connectivity index (χ4n) is 1.62. The van der Waals surface area contributed by atoms with Gasteiger partial charge in [0.05, 0.1) is 5.69 Å². The van der Waals surface area contributed by atoms with Gasteiger partial charge < -0.3 is 5.73 Å². The van der Waals surface area contributed by atoms with Crippen LogP contribution in [0, 0.1) is 5.92 Å². The maximum atomic E-state index is 12.4. The minimum Gasteiger partial charge on any atom is -0.398 e. The first-order valence-corrected chi connectivity index (χ1v) is 8.39. The van der Waals surface area contributed by atoms with Gasteiger partial charge in [-0.25, -0.2) is 12.7 Å². The Labute approximate surface area is 125 Å². The van der Waals surface area contributed by atoms with Gasteiger partial charge in [-0.15, -0.1) is 0 Å². The monoisotopic (exact) mass is 398 g/mol. The Hall–Kier alpha value is -0.110. The minimum atomic E-state index is -3.57. The van der Waals surface area contributed by atoms with Gasteiger partial charge in [-0.2, -0.15) is 0 Å². The number of nitrogens with zero attached hydrogens (tertiary/aromatic N) is 1. The van der Waals surface area contributed by atoms with E-state index in [-0.39, 0.29) is 16.5 Å². The van der Waals surface area contributed by atoms with Crippen molar-refractivity contribution in [3.63, 3.8) is 0 Å². The van der Waals surface area contributed by atoms with Gasteiger partial charge in [-0.3, -0.25) is 0 Å². The number of nitrogens with two attached hydrogens (primary N) is 1. The van der Waals surface area contributed by atoms with Gasteiger partial charge >= 0.3 is 0 Å². The van der Waals surface area contributed by atoms with E-state index in [1.165, 1.54) is 4.31 Å². The van der Waals surface area contributed by atoms with Crippen molar-refractivity contribution >= 4 is 47.6 Å². The van der Waals surface area contributed by atoms with Gasteiger partial charge in [0.2, 0.25) is 10.0 Å². The summed E-state index contributed by atoms with van der Waals surface area (Å²) >= 11 is 6.53.